The molecule has 0 aliphatic carbocycles. The van der Waals surface area contributed by atoms with Crippen LogP contribution in [0.15, 0.2) is 36.5 Å². The van der Waals surface area contributed by atoms with Gasteiger partial charge in [-0.25, -0.2) is 0 Å². The van der Waals surface area contributed by atoms with Gasteiger partial charge in [-0.05, 0) is 64.2 Å². The number of carbonyl (C=O) groups excluding carboxylic acids is 1. The number of aliphatic hydroxyl groups is 4. The molecule has 0 aromatic rings. The van der Waals surface area contributed by atoms with Crippen molar-refractivity contribution in [1.29, 1.82) is 0 Å². The van der Waals surface area contributed by atoms with Gasteiger partial charge in [0.1, 0.15) is 12.2 Å². The molecular weight excluding hydrogens is 839 g/mol. The maximum Gasteiger partial charge on any atom is 0.249 e. The summed E-state index contributed by atoms with van der Waals surface area (Å²) in [6, 6.07) is -1.01. The van der Waals surface area contributed by atoms with Gasteiger partial charge >= 0.3 is 0 Å². The zero-order chi connectivity index (χ0) is 49.5. The molecule has 0 saturated heterocycles. The second-order valence-electron chi connectivity index (χ2n) is 21.0. The number of allylic oxidation sites excluding steroid dienone is 6. The van der Waals surface area contributed by atoms with Gasteiger partial charge < -0.3 is 25.7 Å². The molecule has 5 N–H and O–H groups in total. The molecule has 0 fully saturated rings. The zero-order valence-corrected chi connectivity index (χ0v) is 45.6. The lowest BCUT2D eigenvalue weighted by molar-refractivity contribution is -0.132. The Kier molecular flexibility index (Phi) is 55.2. The van der Waals surface area contributed by atoms with Gasteiger partial charge in [-0.2, -0.15) is 0 Å². The predicted octanol–water partition coefficient (Wildman–Crippen LogP) is 18.0. The highest BCUT2D eigenvalue weighted by Crippen LogP contribution is 2.18. The molecule has 0 radical (unpaired) electrons. The fourth-order valence-corrected chi connectivity index (χ4v) is 9.56. The summed E-state index contributed by atoms with van der Waals surface area (Å²) in [5, 5.41) is 44.0. The van der Waals surface area contributed by atoms with Gasteiger partial charge in [0.15, 0.2) is 0 Å². The number of hydrogen-bond acceptors (Lipinski definition) is 5. The van der Waals surface area contributed by atoms with Crippen LogP contribution in [-0.2, 0) is 4.79 Å². The number of amides is 1. The van der Waals surface area contributed by atoms with Crippen LogP contribution in [0.25, 0.3) is 0 Å². The van der Waals surface area contributed by atoms with Crippen LogP contribution in [0.2, 0.25) is 0 Å². The van der Waals surface area contributed by atoms with Crippen LogP contribution in [0.1, 0.15) is 322 Å². The minimum Gasteiger partial charge on any atom is -0.394 e. The van der Waals surface area contributed by atoms with E-state index in [1.165, 1.54) is 238 Å². The summed E-state index contributed by atoms with van der Waals surface area (Å²) in [7, 11) is 0. The van der Waals surface area contributed by atoms with E-state index >= 15 is 0 Å². The molecule has 0 rings (SSSR count). The van der Waals surface area contributed by atoms with Gasteiger partial charge in [0, 0.05) is 0 Å². The predicted molar refractivity (Wildman–Crippen MR) is 297 cm³/mol. The molecule has 0 saturated carbocycles. The van der Waals surface area contributed by atoms with Gasteiger partial charge in [-0.1, -0.05) is 294 Å². The fourth-order valence-electron chi connectivity index (χ4n) is 9.56. The molecular formula is C62H119NO5. The number of aliphatic hydroxyl groups excluding tert-OH is 4. The Morgan fingerprint density at radius 1 is 0.353 bits per heavy atom. The third kappa shape index (κ3) is 49.5. The highest BCUT2D eigenvalue weighted by molar-refractivity contribution is 5.80. The first-order valence-corrected chi connectivity index (χ1v) is 30.4. The van der Waals surface area contributed by atoms with E-state index in [1.54, 1.807) is 0 Å². The van der Waals surface area contributed by atoms with Crippen molar-refractivity contribution in [2.24, 2.45) is 0 Å². The van der Waals surface area contributed by atoms with Crippen LogP contribution in [0.5, 0.6) is 0 Å². The molecule has 4 unspecified atom stereocenters. The standard InChI is InChI=1S/C62H119NO5/c1-3-5-7-9-11-13-15-17-19-21-23-25-27-29-31-33-35-37-39-41-43-45-47-49-51-53-55-59(65)61(67)58(57-64)63-62(68)60(66)56-54-52-50-48-46-44-42-40-38-36-34-32-30-28-26-24-22-20-18-16-14-12-10-8-6-4-2/h31,33,39,41,47,49,58-61,64-67H,3-30,32,34-38,40,42-46,48,50-57H2,1-2H3,(H,63,68)/b33-31+,41-39+,49-47+. The van der Waals surface area contributed by atoms with Crippen LogP contribution in [0.4, 0.5) is 0 Å². The van der Waals surface area contributed by atoms with Crippen LogP contribution in [0, 0.1) is 0 Å². The van der Waals surface area contributed by atoms with E-state index in [4.69, 9.17) is 0 Å². The lowest BCUT2D eigenvalue weighted by Crippen LogP contribution is -2.53. The molecule has 4 atom stereocenters. The van der Waals surface area contributed by atoms with Crippen molar-refractivity contribution < 1.29 is 25.2 Å². The van der Waals surface area contributed by atoms with Gasteiger partial charge in [0.25, 0.3) is 0 Å². The Morgan fingerprint density at radius 2 is 0.618 bits per heavy atom. The van der Waals surface area contributed by atoms with Crippen molar-refractivity contribution >= 4 is 5.91 Å². The Morgan fingerprint density at radius 3 is 0.926 bits per heavy atom. The van der Waals surface area contributed by atoms with E-state index in [9.17, 15) is 25.2 Å². The molecule has 6 nitrogen and oxygen atoms in total. The first-order valence-electron chi connectivity index (χ1n) is 30.4. The Balaban J connectivity index is 3.66. The second-order valence-corrected chi connectivity index (χ2v) is 21.0. The first kappa shape index (κ1) is 66.5. The Bertz CT molecular complexity index is 1080. The summed E-state index contributed by atoms with van der Waals surface area (Å²) < 4.78 is 0. The molecule has 0 spiro atoms. The van der Waals surface area contributed by atoms with Crippen molar-refractivity contribution in [2.75, 3.05) is 6.61 Å². The average molecular weight is 959 g/mol. The number of carbonyl (C=O) groups is 1. The second kappa shape index (κ2) is 56.4. The molecule has 0 bridgehead atoms. The van der Waals surface area contributed by atoms with Crippen LogP contribution in [-0.4, -0.2) is 57.3 Å². The van der Waals surface area contributed by atoms with Gasteiger partial charge in [-0.15, -0.1) is 0 Å². The normalized spacial score (nSPS) is 13.9. The maximum absolute atomic E-state index is 12.6. The van der Waals surface area contributed by atoms with E-state index in [1.807, 2.05) is 0 Å². The monoisotopic (exact) mass is 958 g/mol. The average Bonchev–Trinajstić information content (AvgIpc) is 3.34. The highest BCUT2D eigenvalue weighted by atomic mass is 16.3. The Labute approximate surface area is 424 Å². The number of nitrogens with one attached hydrogen (secondary N) is 1. The number of unbranched alkanes of at least 4 members (excludes halogenated alkanes) is 41. The Hall–Kier alpha value is -1.47. The van der Waals surface area contributed by atoms with Gasteiger partial charge in [0.2, 0.25) is 5.91 Å². The smallest absolute Gasteiger partial charge is 0.249 e. The van der Waals surface area contributed by atoms with Gasteiger partial charge in [-0.3, -0.25) is 4.79 Å². The van der Waals surface area contributed by atoms with Gasteiger partial charge in [0.05, 0.1) is 18.8 Å². The molecule has 0 aromatic carbocycles. The van der Waals surface area contributed by atoms with E-state index in [0.717, 1.165) is 51.4 Å². The maximum atomic E-state index is 12.6. The van der Waals surface area contributed by atoms with E-state index in [-0.39, 0.29) is 0 Å². The largest absolute Gasteiger partial charge is 0.394 e. The minimum absolute atomic E-state index is 0.362. The first-order chi connectivity index (χ1) is 33.5. The summed E-state index contributed by atoms with van der Waals surface area (Å²) in [6.45, 7) is 4.08. The summed E-state index contributed by atoms with van der Waals surface area (Å²) in [4.78, 5) is 12.6. The quantitative estimate of drug-likeness (QED) is 0.0308. The molecule has 0 aliphatic heterocycles. The summed E-state index contributed by atoms with van der Waals surface area (Å²) in [5.74, 6) is -0.594. The molecule has 0 heterocycles. The third-order valence-corrected chi connectivity index (χ3v) is 14.3. The van der Waals surface area contributed by atoms with Crippen molar-refractivity contribution in [2.45, 2.75) is 346 Å². The topological polar surface area (TPSA) is 110 Å². The van der Waals surface area contributed by atoms with Crippen molar-refractivity contribution in [3.8, 4) is 0 Å². The number of rotatable bonds is 56. The molecule has 68 heavy (non-hydrogen) atoms. The fraction of sp³-hybridized carbons (Fsp3) is 0.887. The van der Waals surface area contributed by atoms with E-state index < -0.39 is 36.9 Å². The summed E-state index contributed by atoms with van der Waals surface area (Å²) >= 11 is 0. The molecule has 0 aromatic heterocycles. The van der Waals surface area contributed by atoms with Crippen LogP contribution < -0.4 is 5.32 Å². The zero-order valence-electron chi connectivity index (χ0n) is 45.6. The summed E-state index contributed by atoms with van der Waals surface area (Å²) in [6.07, 6.45) is 70.9. The van der Waals surface area contributed by atoms with Crippen molar-refractivity contribution in [3.05, 3.63) is 36.5 Å². The highest BCUT2D eigenvalue weighted by Gasteiger charge is 2.28. The van der Waals surface area contributed by atoms with Crippen LogP contribution >= 0.6 is 0 Å². The molecule has 6 heteroatoms. The van der Waals surface area contributed by atoms with Crippen LogP contribution in [0.3, 0.4) is 0 Å². The number of hydrogen-bond donors (Lipinski definition) is 5. The van der Waals surface area contributed by atoms with E-state index in [0.29, 0.717) is 19.3 Å². The third-order valence-electron chi connectivity index (χ3n) is 14.3. The lowest BCUT2D eigenvalue weighted by atomic mass is 10.00. The minimum atomic E-state index is -1.29. The molecule has 0 aliphatic rings. The van der Waals surface area contributed by atoms with Crippen molar-refractivity contribution in [1.82, 2.24) is 5.32 Å². The molecule has 402 valence electrons. The lowest BCUT2D eigenvalue weighted by Gasteiger charge is -2.27. The van der Waals surface area contributed by atoms with Crippen molar-refractivity contribution in [3.63, 3.8) is 0 Å². The summed E-state index contributed by atoms with van der Waals surface area (Å²) in [5.41, 5.74) is 0. The SMILES string of the molecule is CCCCCCCCCCCCCCC/C=C/CC/C=C/CC/C=C/CCCC(O)C(O)C(CO)NC(=O)C(O)CCCCCCCCCCCCCCCCCCCCCCCCCCCC. The van der Waals surface area contributed by atoms with E-state index in [2.05, 4.69) is 55.6 Å². The molecule has 1 amide bonds.